The van der Waals surface area contributed by atoms with Gasteiger partial charge >= 0.3 is 0 Å². The highest BCUT2D eigenvalue weighted by Crippen LogP contribution is 2.34. The first-order chi connectivity index (χ1) is 15.6. The average Bonchev–Trinajstić information content (AvgIpc) is 3.24. The fourth-order valence-electron chi connectivity index (χ4n) is 3.83. The van der Waals surface area contributed by atoms with E-state index in [0.29, 0.717) is 11.6 Å². The lowest BCUT2D eigenvalue weighted by Gasteiger charge is -2.19. The maximum absolute atomic E-state index is 12.5. The summed E-state index contributed by atoms with van der Waals surface area (Å²) in [6, 6.07) is 25.1. The van der Waals surface area contributed by atoms with Crippen LogP contribution >= 0.6 is 11.6 Å². The SMILES string of the molecule is O=C(CNC(=O)Cc1ccccc1)NCC(c1ccccc1Cl)c1c[nH]c2ccccc12. The molecule has 0 saturated carbocycles. The summed E-state index contributed by atoms with van der Waals surface area (Å²) in [6.07, 6.45) is 2.21. The molecule has 4 aromatic rings. The van der Waals surface area contributed by atoms with Gasteiger partial charge in [0.25, 0.3) is 0 Å². The Hall–Kier alpha value is -3.57. The second-order valence-electron chi connectivity index (χ2n) is 7.61. The molecular formula is C26H24ClN3O2. The van der Waals surface area contributed by atoms with Gasteiger partial charge in [0.1, 0.15) is 0 Å². The number of hydrogen-bond acceptors (Lipinski definition) is 2. The molecule has 0 aliphatic heterocycles. The Morgan fingerprint density at radius 2 is 1.53 bits per heavy atom. The largest absolute Gasteiger partial charge is 0.361 e. The van der Waals surface area contributed by atoms with Gasteiger partial charge in [-0.2, -0.15) is 0 Å². The predicted molar refractivity (Wildman–Crippen MR) is 128 cm³/mol. The summed E-state index contributed by atoms with van der Waals surface area (Å²) in [7, 11) is 0. The van der Waals surface area contributed by atoms with Crippen LogP contribution in [-0.4, -0.2) is 29.9 Å². The van der Waals surface area contributed by atoms with Gasteiger partial charge in [-0.05, 0) is 28.8 Å². The summed E-state index contributed by atoms with van der Waals surface area (Å²) in [5, 5.41) is 7.37. The first kappa shape index (κ1) is 21.7. The van der Waals surface area contributed by atoms with Crippen molar-refractivity contribution in [2.75, 3.05) is 13.1 Å². The van der Waals surface area contributed by atoms with E-state index in [1.54, 1.807) is 0 Å². The van der Waals surface area contributed by atoms with E-state index in [4.69, 9.17) is 11.6 Å². The molecule has 0 aliphatic carbocycles. The standard InChI is InChI=1S/C26H24ClN3O2/c27-23-12-6-4-10-19(23)21(22-15-28-24-13-7-5-11-20(22)24)16-29-26(32)17-30-25(31)14-18-8-2-1-3-9-18/h1-13,15,21,28H,14,16-17H2,(H,29,32)(H,30,31). The number of para-hydroxylation sites is 1. The number of nitrogens with one attached hydrogen (secondary N) is 3. The minimum absolute atomic E-state index is 0.0746. The van der Waals surface area contributed by atoms with Gasteiger partial charge in [0.2, 0.25) is 11.8 Å². The van der Waals surface area contributed by atoms with Crippen LogP contribution in [0.3, 0.4) is 0 Å². The van der Waals surface area contributed by atoms with Crippen LogP contribution in [0.5, 0.6) is 0 Å². The van der Waals surface area contributed by atoms with Crippen molar-refractivity contribution < 1.29 is 9.59 Å². The molecule has 0 radical (unpaired) electrons. The second-order valence-corrected chi connectivity index (χ2v) is 8.01. The number of aromatic amines is 1. The third-order valence-electron chi connectivity index (χ3n) is 5.43. The molecule has 1 heterocycles. The molecule has 1 unspecified atom stereocenters. The van der Waals surface area contributed by atoms with Crippen molar-refractivity contribution in [1.82, 2.24) is 15.6 Å². The molecule has 1 aromatic heterocycles. The minimum Gasteiger partial charge on any atom is -0.361 e. The molecule has 0 fully saturated rings. The van der Waals surface area contributed by atoms with E-state index in [-0.39, 0.29) is 30.7 Å². The third-order valence-corrected chi connectivity index (χ3v) is 5.78. The summed E-state index contributed by atoms with van der Waals surface area (Å²) in [5.41, 5.74) is 3.93. The molecule has 32 heavy (non-hydrogen) atoms. The number of rotatable bonds is 8. The normalized spacial score (nSPS) is 11.8. The van der Waals surface area contributed by atoms with Crippen LogP contribution in [0, 0.1) is 0 Å². The van der Waals surface area contributed by atoms with Crippen LogP contribution in [0.2, 0.25) is 5.02 Å². The quantitative estimate of drug-likeness (QED) is 0.375. The molecule has 6 heteroatoms. The minimum atomic E-state index is -0.247. The maximum Gasteiger partial charge on any atom is 0.239 e. The second kappa shape index (κ2) is 10.2. The van der Waals surface area contributed by atoms with Gasteiger partial charge in [-0.15, -0.1) is 0 Å². The molecule has 0 aliphatic rings. The predicted octanol–water partition coefficient (Wildman–Crippen LogP) is 4.43. The van der Waals surface area contributed by atoms with Crippen LogP contribution in [-0.2, 0) is 16.0 Å². The van der Waals surface area contributed by atoms with Gasteiger partial charge in [0.15, 0.2) is 0 Å². The molecule has 162 valence electrons. The monoisotopic (exact) mass is 445 g/mol. The Bertz CT molecular complexity index is 1220. The van der Waals surface area contributed by atoms with Crippen molar-refractivity contribution in [3.05, 3.63) is 107 Å². The van der Waals surface area contributed by atoms with Crippen molar-refractivity contribution in [1.29, 1.82) is 0 Å². The molecule has 0 spiro atoms. The van der Waals surface area contributed by atoms with Gasteiger partial charge < -0.3 is 15.6 Å². The zero-order chi connectivity index (χ0) is 22.3. The van der Waals surface area contributed by atoms with Crippen molar-refractivity contribution in [2.24, 2.45) is 0 Å². The summed E-state index contributed by atoms with van der Waals surface area (Å²) >= 11 is 6.50. The first-order valence-electron chi connectivity index (χ1n) is 10.5. The topological polar surface area (TPSA) is 74.0 Å². The van der Waals surface area contributed by atoms with E-state index >= 15 is 0 Å². The van der Waals surface area contributed by atoms with Gasteiger partial charge in [-0.1, -0.05) is 78.3 Å². The first-order valence-corrected chi connectivity index (χ1v) is 10.9. The average molecular weight is 446 g/mol. The van der Waals surface area contributed by atoms with Crippen molar-refractivity contribution in [3.8, 4) is 0 Å². The lowest BCUT2D eigenvalue weighted by atomic mass is 9.90. The van der Waals surface area contributed by atoms with E-state index in [1.165, 1.54) is 0 Å². The van der Waals surface area contributed by atoms with Crippen LogP contribution in [0.15, 0.2) is 85.1 Å². The summed E-state index contributed by atoms with van der Waals surface area (Å²) in [4.78, 5) is 27.9. The Morgan fingerprint density at radius 3 is 2.34 bits per heavy atom. The highest BCUT2D eigenvalue weighted by Gasteiger charge is 2.21. The highest BCUT2D eigenvalue weighted by molar-refractivity contribution is 6.31. The Balaban J connectivity index is 1.43. The Kier molecular flexibility index (Phi) is 6.87. The highest BCUT2D eigenvalue weighted by atomic mass is 35.5. The summed E-state index contributed by atoms with van der Waals surface area (Å²) in [6.45, 7) is 0.285. The van der Waals surface area contributed by atoms with E-state index in [1.807, 2.05) is 79.0 Å². The van der Waals surface area contributed by atoms with Gasteiger partial charge in [-0.25, -0.2) is 0 Å². The summed E-state index contributed by atoms with van der Waals surface area (Å²) in [5.74, 6) is -0.572. The lowest BCUT2D eigenvalue weighted by Crippen LogP contribution is -2.39. The number of carbonyl (C=O) groups excluding carboxylic acids is 2. The Labute approximate surface area is 191 Å². The smallest absolute Gasteiger partial charge is 0.239 e. The van der Waals surface area contributed by atoms with Crippen molar-refractivity contribution >= 4 is 34.3 Å². The van der Waals surface area contributed by atoms with Crippen LogP contribution in [0.1, 0.15) is 22.6 Å². The van der Waals surface area contributed by atoms with E-state index < -0.39 is 0 Å². The molecule has 1 atom stereocenters. The molecule has 0 bridgehead atoms. The van der Waals surface area contributed by atoms with E-state index in [9.17, 15) is 9.59 Å². The zero-order valence-corrected chi connectivity index (χ0v) is 18.2. The molecule has 4 rings (SSSR count). The van der Waals surface area contributed by atoms with E-state index in [0.717, 1.165) is 27.6 Å². The number of fused-ring (bicyclic) bond motifs is 1. The molecule has 3 N–H and O–H groups in total. The molecule has 5 nitrogen and oxygen atoms in total. The van der Waals surface area contributed by atoms with Crippen molar-refractivity contribution in [2.45, 2.75) is 12.3 Å². The van der Waals surface area contributed by atoms with Crippen LogP contribution in [0.25, 0.3) is 10.9 Å². The fourth-order valence-corrected chi connectivity index (χ4v) is 4.10. The number of hydrogen-bond donors (Lipinski definition) is 3. The molecule has 3 aromatic carbocycles. The van der Waals surface area contributed by atoms with Crippen molar-refractivity contribution in [3.63, 3.8) is 0 Å². The van der Waals surface area contributed by atoms with Crippen LogP contribution < -0.4 is 10.6 Å². The van der Waals surface area contributed by atoms with Gasteiger partial charge in [-0.3, -0.25) is 9.59 Å². The fraction of sp³-hybridized carbons (Fsp3) is 0.154. The molecular weight excluding hydrogens is 422 g/mol. The molecule has 2 amide bonds. The molecule has 0 saturated heterocycles. The number of benzene rings is 3. The van der Waals surface area contributed by atoms with Gasteiger partial charge in [0.05, 0.1) is 13.0 Å². The number of aromatic nitrogens is 1. The zero-order valence-electron chi connectivity index (χ0n) is 17.5. The maximum atomic E-state index is 12.5. The summed E-state index contributed by atoms with van der Waals surface area (Å²) < 4.78 is 0. The Morgan fingerprint density at radius 1 is 0.812 bits per heavy atom. The van der Waals surface area contributed by atoms with E-state index in [2.05, 4.69) is 21.7 Å². The number of amides is 2. The number of H-pyrrole nitrogens is 1. The van der Waals surface area contributed by atoms with Gasteiger partial charge in [0, 0.05) is 34.6 Å². The lowest BCUT2D eigenvalue weighted by molar-refractivity contribution is -0.125. The van der Waals surface area contributed by atoms with Crippen LogP contribution in [0.4, 0.5) is 0 Å². The number of carbonyl (C=O) groups is 2. The third kappa shape index (κ3) is 5.18. The number of halogens is 1.